The number of nitrogens with zero attached hydrogens (tertiary/aromatic N) is 1. The van der Waals surface area contributed by atoms with Crippen LogP contribution >= 0.6 is 0 Å². The Morgan fingerprint density at radius 1 is 1.47 bits per heavy atom. The molecule has 19 heavy (non-hydrogen) atoms. The number of carbonyl (C=O) groups excluding carboxylic acids is 1. The topological polar surface area (TPSA) is 55.6 Å². The Kier molecular flexibility index (Phi) is 4.56. The molecule has 1 heterocycles. The number of carbonyl (C=O) groups is 1. The summed E-state index contributed by atoms with van der Waals surface area (Å²) in [4.78, 5) is 14.4. The Labute approximate surface area is 114 Å². The van der Waals surface area contributed by atoms with Crippen molar-refractivity contribution >= 4 is 5.91 Å². The fraction of sp³-hybridized carbons (Fsp3) is 0.533. The Morgan fingerprint density at radius 3 is 2.79 bits per heavy atom. The Hall–Kier alpha value is -1.39. The van der Waals surface area contributed by atoms with E-state index >= 15 is 0 Å². The zero-order valence-electron chi connectivity index (χ0n) is 11.6. The van der Waals surface area contributed by atoms with Gasteiger partial charge in [-0.2, -0.15) is 0 Å². The summed E-state index contributed by atoms with van der Waals surface area (Å²) >= 11 is 0. The number of amides is 1. The van der Waals surface area contributed by atoms with E-state index in [1.54, 1.807) is 0 Å². The highest BCUT2D eigenvalue weighted by molar-refractivity contribution is 5.83. The van der Waals surface area contributed by atoms with Crippen molar-refractivity contribution in [3.8, 4) is 0 Å². The third kappa shape index (κ3) is 3.14. The molecule has 0 aliphatic carbocycles. The molecule has 0 bridgehead atoms. The predicted octanol–water partition coefficient (Wildman–Crippen LogP) is 1.71. The molecular formula is C15H22N2O2. The molecule has 4 heteroatoms. The van der Waals surface area contributed by atoms with Crippen LogP contribution in [0.4, 0.5) is 0 Å². The molecule has 2 unspecified atom stereocenters. The van der Waals surface area contributed by atoms with Crippen molar-refractivity contribution in [2.45, 2.75) is 38.5 Å². The maximum Gasteiger partial charge on any atom is 0.244 e. The summed E-state index contributed by atoms with van der Waals surface area (Å²) in [5.74, 6) is -0.00630. The molecule has 0 aromatic heterocycles. The molecule has 1 aliphatic rings. The first kappa shape index (κ1) is 14.0. The fourth-order valence-corrected chi connectivity index (χ4v) is 2.43. The lowest BCUT2D eigenvalue weighted by Crippen LogP contribution is -2.53. The molecule has 1 aliphatic heterocycles. The quantitative estimate of drug-likeness (QED) is 0.902. The molecule has 0 radical (unpaired) electrons. The van der Waals surface area contributed by atoms with E-state index in [4.69, 9.17) is 10.5 Å². The molecule has 1 saturated heterocycles. The highest BCUT2D eigenvalue weighted by Gasteiger charge is 2.32. The number of ether oxygens (including phenoxy) is 1. The third-order valence-corrected chi connectivity index (χ3v) is 3.65. The summed E-state index contributed by atoms with van der Waals surface area (Å²) in [5, 5.41) is 0. The molecule has 3 atom stereocenters. The van der Waals surface area contributed by atoms with Crippen LogP contribution in [0.1, 0.15) is 31.9 Å². The SMILES string of the molecule is CCC1COC(C)CN1C(=O)[C@H](N)c1ccccc1. The van der Waals surface area contributed by atoms with E-state index in [1.165, 1.54) is 0 Å². The van der Waals surface area contributed by atoms with Crippen LogP contribution < -0.4 is 5.73 Å². The van der Waals surface area contributed by atoms with Crippen LogP contribution in [0.25, 0.3) is 0 Å². The largest absolute Gasteiger partial charge is 0.375 e. The van der Waals surface area contributed by atoms with Crippen LogP contribution in [0.15, 0.2) is 30.3 Å². The summed E-state index contributed by atoms with van der Waals surface area (Å²) in [5.41, 5.74) is 6.96. The minimum absolute atomic E-state index is 0.00630. The third-order valence-electron chi connectivity index (χ3n) is 3.65. The predicted molar refractivity (Wildman–Crippen MR) is 74.6 cm³/mol. The molecule has 2 N–H and O–H groups in total. The van der Waals surface area contributed by atoms with E-state index in [-0.39, 0.29) is 18.1 Å². The summed E-state index contributed by atoms with van der Waals surface area (Å²) in [6, 6.07) is 9.08. The van der Waals surface area contributed by atoms with Crippen LogP contribution in [-0.2, 0) is 9.53 Å². The summed E-state index contributed by atoms with van der Waals surface area (Å²) < 4.78 is 5.61. The number of hydrogen-bond acceptors (Lipinski definition) is 3. The fourth-order valence-electron chi connectivity index (χ4n) is 2.43. The van der Waals surface area contributed by atoms with Crippen molar-refractivity contribution < 1.29 is 9.53 Å². The standard InChI is InChI=1S/C15H22N2O2/c1-3-13-10-19-11(2)9-17(13)15(18)14(16)12-7-5-4-6-8-12/h4-8,11,13-14H,3,9-10,16H2,1-2H3/t11?,13?,14-/m1/s1. The number of rotatable bonds is 3. The highest BCUT2D eigenvalue weighted by atomic mass is 16.5. The maximum absolute atomic E-state index is 12.6. The molecule has 0 spiro atoms. The first-order valence-corrected chi connectivity index (χ1v) is 6.86. The maximum atomic E-state index is 12.6. The second-order valence-corrected chi connectivity index (χ2v) is 5.08. The van der Waals surface area contributed by atoms with Gasteiger partial charge in [-0.15, -0.1) is 0 Å². The molecule has 0 saturated carbocycles. The van der Waals surface area contributed by atoms with Crippen molar-refractivity contribution in [1.82, 2.24) is 4.90 Å². The first-order chi connectivity index (χ1) is 9.13. The zero-order chi connectivity index (χ0) is 13.8. The van der Waals surface area contributed by atoms with Crippen LogP contribution in [0.5, 0.6) is 0 Å². The zero-order valence-corrected chi connectivity index (χ0v) is 11.6. The smallest absolute Gasteiger partial charge is 0.244 e. The lowest BCUT2D eigenvalue weighted by Gasteiger charge is -2.39. The minimum Gasteiger partial charge on any atom is -0.375 e. The monoisotopic (exact) mass is 262 g/mol. The van der Waals surface area contributed by atoms with Gasteiger partial charge in [0.25, 0.3) is 0 Å². The van der Waals surface area contributed by atoms with Crippen LogP contribution in [-0.4, -0.2) is 36.1 Å². The number of nitrogens with two attached hydrogens (primary N) is 1. The van der Waals surface area contributed by atoms with Gasteiger partial charge in [0, 0.05) is 6.54 Å². The molecule has 1 aromatic rings. The Morgan fingerprint density at radius 2 is 2.16 bits per heavy atom. The molecule has 4 nitrogen and oxygen atoms in total. The first-order valence-electron chi connectivity index (χ1n) is 6.86. The van der Waals surface area contributed by atoms with Crippen molar-refractivity contribution in [1.29, 1.82) is 0 Å². The second kappa shape index (κ2) is 6.17. The Bertz CT molecular complexity index is 421. The van der Waals surface area contributed by atoms with E-state index < -0.39 is 6.04 Å². The Balaban J connectivity index is 2.13. The number of hydrogen-bond donors (Lipinski definition) is 1. The van der Waals surface area contributed by atoms with Gasteiger partial charge in [-0.25, -0.2) is 0 Å². The minimum atomic E-state index is -0.583. The van der Waals surface area contributed by atoms with Gasteiger partial charge >= 0.3 is 0 Å². The number of benzene rings is 1. The van der Waals surface area contributed by atoms with E-state index in [2.05, 4.69) is 6.92 Å². The summed E-state index contributed by atoms with van der Waals surface area (Å²) in [7, 11) is 0. The lowest BCUT2D eigenvalue weighted by molar-refractivity contribution is -0.145. The van der Waals surface area contributed by atoms with Gasteiger partial charge in [-0.3, -0.25) is 4.79 Å². The normalized spacial score (nSPS) is 25.1. The molecule has 104 valence electrons. The summed E-state index contributed by atoms with van der Waals surface area (Å²) in [6.07, 6.45) is 0.967. The van der Waals surface area contributed by atoms with Gasteiger partial charge in [-0.1, -0.05) is 37.3 Å². The highest BCUT2D eigenvalue weighted by Crippen LogP contribution is 2.20. The van der Waals surface area contributed by atoms with E-state index in [1.807, 2.05) is 42.2 Å². The van der Waals surface area contributed by atoms with Gasteiger partial charge in [0.05, 0.1) is 18.8 Å². The molecule has 2 rings (SSSR count). The van der Waals surface area contributed by atoms with Crippen molar-refractivity contribution in [3.63, 3.8) is 0 Å². The lowest BCUT2D eigenvalue weighted by atomic mass is 10.0. The number of morpholine rings is 1. The van der Waals surface area contributed by atoms with Crippen LogP contribution in [0.3, 0.4) is 0 Å². The van der Waals surface area contributed by atoms with E-state index in [0.29, 0.717) is 13.2 Å². The van der Waals surface area contributed by atoms with Crippen LogP contribution in [0.2, 0.25) is 0 Å². The molecule has 1 aromatic carbocycles. The van der Waals surface area contributed by atoms with E-state index in [9.17, 15) is 4.79 Å². The molecule has 1 fully saturated rings. The summed E-state index contributed by atoms with van der Waals surface area (Å²) in [6.45, 7) is 5.28. The second-order valence-electron chi connectivity index (χ2n) is 5.08. The van der Waals surface area contributed by atoms with Gasteiger partial charge < -0.3 is 15.4 Å². The van der Waals surface area contributed by atoms with Gasteiger partial charge in [-0.05, 0) is 18.9 Å². The van der Waals surface area contributed by atoms with Crippen molar-refractivity contribution in [2.24, 2.45) is 5.73 Å². The van der Waals surface area contributed by atoms with Crippen molar-refractivity contribution in [2.75, 3.05) is 13.2 Å². The molecular weight excluding hydrogens is 240 g/mol. The molecule has 1 amide bonds. The average Bonchev–Trinajstić information content (AvgIpc) is 2.46. The van der Waals surface area contributed by atoms with E-state index in [0.717, 1.165) is 12.0 Å². The van der Waals surface area contributed by atoms with Gasteiger partial charge in [0.2, 0.25) is 5.91 Å². The van der Waals surface area contributed by atoms with Crippen LogP contribution in [0, 0.1) is 0 Å². The van der Waals surface area contributed by atoms with Crippen molar-refractivity contribution in [3.05, 3.63) is 35.9 Å². The van der Waals surface area contributed by atoms with Gasteiger partial charge in [0.15, 0.2) is 0 Å². The van der Waals surface area contributed by atoms with Gasteiger partial charge in [0.1, 0.15) is 6.04 Å². The average molecular weight is 262 g/mol.